The number of methoxy groups -OCH3 is 1. The molecule has 0 radical (unpaired) electrons. The lowest BCUT2D eigenvalue weighted by atomic mass is 9.84. The van der Waals surface area contributed by atoms with Gasteiger partial charge >= 0.3 is 6.09 Å². The largest absolute Gasteiger partial charge is 0.496 e. The molecule has 2 heterocycles. The van der Waals surface area contributed by atoms with Gasteiger partial charge in [0.05, 0.1) is 24.5 Å². The minimum atomic E-state index is -0.444. The Morgan fingerprint density at radius 1 is 1.06 bits per heavy atom. The molecular weight excluding hydrogens is 446 g/mol. The number of para-hydroxylation sites is 2. The highest BCUT2D eigenvalue weighted by molar-refractivity contribution is 5.97. The second-order valence-electron chi connectivity index (χ2n) is 9.65. The van der Waals surface area contributed by atoms with Crippen molar-refractivity contribution in [2.45, 2.75) is 63.0 Å². The van der Waals surface area contributed by atoms with Crippen LogP contribution in [-0.4, -0.2) is 48.9 Å². The van der Waals surface area contributed by atoms with Gasteiger partial charge in [-0.15, -0.1) is 0 Å². The van der Waals surface area contributed by atoms with Gasteiger partial charge in [-0.05, 0) is 56.7 Å². The first-order chi connectivity index (χ1) is 17.0. The van der Waals surface area contributed by atoms with E-state index in [0.717, 1.165) is 36.9 Å². The zero-order valence-electron chi connectivity index (χ0n) is 20.0. The third kappa shape index (κ3) is 4.99. The molecule has 35 heavy (non-hydrogen) atoms. The lowest BCUT2D eigenvalue weighted by Gasteiger charge is -2.44. The van der Waals surface area contributed by atoms with E-state index in [1.807, 2.05) is 41.3 Å². The molecule has 0 bridgehead atoms. The van der Waals surface area contributed by atoms with Crippen molar-refractivity contribution in [1.29, 1.82) is 0 Å². The molecule has 3 N–H and O–H groups in total. The van der Waals surface area contributed by atoms with Gasteiger partial charge in [0.25, 0.3) is 5.91 Å². The van der Waals surface area contributed by atoms with Gasteiger partial charge in [0, 0.05) is 24.1 Å². The molecule has 2 fully saturated rings. The molecule has 2 aliphatic heterocycles. The number of hydrogen-bond donors (Lipinski definition) is 2. The van der Waals surface area contributed by atoms with E-state index in [9.17, 15) is 9.59 Å². The Bertz CT molecular complexity index is 1070. The number of cyclic esters (lactones) is 1. The number of ether oxygens (including phenoxy) is 3. The van der Waals surface area contributed by atoms with Crippen molar-refractivity contribution in [3.8, 4) is 5.75 Å². The van der Waals surface area contributed by atoms with E-state index in [2.05, 4.69) is 5.32 Å². The minimum Gasteiger partial charge on any atom is -0.496 e. The average molecular weight is 480 g/mol. The number of carbonyl (C=O) groups excluding carboxylic acids is 2. The minimum absolute atomic E-state index is 0.0276. The number of likely N-dealkylation sites (tertiary alicyclic amines) is 1. The number of hydrogen-bond acceptors (Lipinski definition) is 6. The first-order valence-corrected chi connectivity index (χ1v) is 12.4. The van der Waals surface area contributed by atoms with Gasteiger partial charge in [-0.25, -0.2) is 4.79 Å². The lowest BCUT2D eigenvalue weighted by Crippen LogP contribution is -2.50. The number of benzene rings is 2. The zero-order chi connectivity index (χ0) is 24.4. The number of rotatable bonds is 5. The molecule has 0 aromatic heterocycles. The molecule has 2 aromatic rings. The lowest BCUT2D eigenvalue weighted by molar-refractivity contribution is -0.130. The number of anilines is 1. The summed E-state index contributed by atoms with van der Waals surface area (Å²) < 4.78 is 17.8. The summed E-state index contributed by atoms with van der Waals surface area (Å²) in [4.78, 5) is 27.8. The highest BCUT2D eigenvalue weighted by Crippen LogP contribution is 2.42. The SMILES string of the molecule is COc1ccccc1C(=O)N1CCC(C2OC(=O)Nc3ccccc32)CC1OC1CCC(N)CC1. The first-order valence-electron chi connectivity index (χ1n) is 12.4. The van der Waals surface area contributed by atoms with Crippen molar-refractivity contribution in [2.24, 2.45) is 11.7 Å². The second kappa shape index (κ2) is 10.3. The third-order valence-corrected chi connectivity index (χ3v) is 7.43. The van der Waals surface area contributed by atoms with Crippen molar-refractivity contribution in [2.75, 3.05) is 19.0 Å². The summed E-state index contributed by atoms with van der Waals surface area (Å²) in [7, 11) is 1.57. The summed E-state index contributed by atoms with van der Waals surface area (Å²) >= 11 is 0. The van der Waals surface area contributed by atoms with Gasteiger partial charge < -0.3 is 24.8 Å². The van der Waals surface area contributed by atoms with Crippen molar-refractivity contribution < 1.29 is 23.8 Å². The standard InChI is InChI=1S/C27H33N3O5/c1-33-23-9-5-3-7-21(23)26(31)30-15-14-17(16-24(30)34-19-12-10-18(28)11-13-19)25-20-6-2-4-8-22(20)29-27(32)35-25/h2-9,17-19,24-25H,10-16,28H2,1H3,(H,29,32). The van der Waals surface area contributed by atoms with E-state index in [-0.39, 0.29) is 30.1 Å². The van der Waals surface area contributed by atoms with E-state index >= 15 is 0 Å². The van der Waals surface area contributed by atoms with Crippen LogP contribution in [0.4, 0.5) is 10.5 Å². The van der Waals surface area contributed by atoms with Crippen LogP contribution >= 0.6 is 0 Å². The second-order valence-corrected chi connectivity index (χ2v) is 9.65. The Balaban J connectivity index is 1.40. The van der Waals surface area contributed by atoms with Crippen molar-refractivity contribution in [1.82, 2.24) is 4.90 Å². The van der Waals surface area contributed by atoms with E-state index in [0.29, 0.717) is 30.7 Å². The molecule has 3 atom stereocenters. The fourth-order valence-corrected chi connectivity index (χ4v) is 5.54. The first kappa shape index (κ1) is 23.6. The van der Waals surface area contributed by atoms with Crippen molar-refractivity contribution >= 4 is 17.7 Å². The highest BCUT2D eigenvalue weighted by Gasteiger charge is 2.41. The summed E-state index contributed by atoms with van der Waals surface area (Å²) in [5.74, 6) is 0.462. The summed E-state index contributed by atoms with van der Waals surface area (Å²) in [6.07, 6.45) is 3.67. The molecule has 1 saturated heterocycles. The van der Waals surface area contributed by atoms with Crippen LogP contribution in [0.15, 0.2) is 48.5 Å². The molecular formula is C27H33N3O5. The Kier molecular flexibility index (Phi) is 6.92. The normalized spacial score (nSPS) is 28.5. The van der Waals surface area contributed by atoms with Gasteiger partial charge in [0.1, 0.15) is 18.1 Å². The van der Waals surface area contributed by atoms with Gasteiger partial charge in [-0.3, -0.25) is 10.1 Å². The molecule has 2 aromatic carbocycles. The van der Waals surface area contributed by atoms with E-state index in [4.69, 9.17) is 19.9 Å². The smallest absolute Gasteiger partial charge is 0.412 e. The van der Waals surface area contributed by atoms with Crippen LogP contribution in [0.5, 0.6) is 5.75 Å². The number of nitrogens with zero attached hydrogens (tertiary/aromatic N) is 1. The monoisotopic (exact) mass is 479 g/mol. The van der Waals surface area contributed by atoms with Gasteiger partial charge in [-0.1, -0.05) is 30.3 Å². The van der Waals surface area contributed by atoms with Crippen LogP contribution in [0.3, 0.4) is 0 Å². The Labute approximate surface area is 205 Å². The topological polar surface area (TPSA) is 103 Å². The maximum Gasteiger partial charge on any atom is 0.412 e. The van der Waals surface area contributed by atoms with E-state index < -0.39 is 12.3 Å². The predicted octanol–water partition coefficient (Wildman–Crippen LogP) is 4.46. The summed E-state index contributed by atoms with van der Waals surface area (Å²) in [5.41, 5.74) is 8.36. The molecule has 5 rings (SSSR count). The number of piperidine rings is 1. The van der Waals surface area contributed by atoms with Crippen LogP contribution in [0.2, 0.25) is 0 Å². The molecule has 8 heteroatoms. The molecule has 1 aliphatic carbocycles. The summed E-state index contributed by atoms with van der Waals surface area (Å²) in [6, 6.07) is 15.2. The van der Waals surface area contributed by atoms with Crippen molar-refractivity contribution in [3.05, 3.63) is 59.7 Å². The number of carbonyl (C=O) groups is 2. The Hall–Kier alpha value is -3.10. The molecule has 8 nitrogen and oxygen atoms in total. The molecule has 186 valence electrons. The quantitative estimate of drug-likeness (QED) is 0.656. The Morgan fingerprint density at radius 3 is 2.60 bits per heavy atom. The van der Waals surface area contributed by atoms with E-state index in [1.165, 1.54) is 0 Å². The molecule has 0 spiro atoms. The number of nitrogens with two attached hydrogens (primary N) is 1. The van der Waals surface area contributed by atoms with Gasteiger partial charge in [0.15, 0.2) is 0 Å². The number of fused-ring (bicyclic) bond motifs is 1. The van der Waals surface area contributed by atoms with Crippen LogP contribution in [0, 0.1) is 5.92 Å². The van der Waals surface area contributed by atoms with Crippen LogP contribution in [-0.2, 0) is 9.47 Å². The maximum absolute atomic E-state index is 13.7. The van der Waals surface area contributed by atoms with Crippen LogP contribution in [0.1, 0.15) is 60.6 Å². The predicted molar refractivity (Wildman–Crippen MR) is 131 cm³/mol. The maximum atomic E-state index is 13.7. The Morgan fingerprint density at radius 2 is 1.80 bits per heavy atom. The van der Waals surface area contributed by atoms with Gasteiger partial charge in [0.2, 0.25) is 0 Å². The number of nitrogens with one attached hydrogen (secondary N) is 1. The van der Waals surface area contributed by atoms with Gasteiger partial charge in [-0.2, -0.15) is 0 Å². The van der Waals surface area contributed by atoms with Crippen LogP contribution in [0.25, 0.3) is 0 Å². The number of amides is 2. The fraction of sp³-hybridized carbons (Fsp3) is 0.481. The molecule has 3 unspecified atom stereocenters. The molecule has 3 aliphatic rings. The summed E-state index contributed by atoms with van der Waals surface area (Å²) in [6.45, 7) is 0.502. The highest BCUT2D eigenvalue weighted by atomic mass is 16.6. The zero-order valence-corrected chi connectivity index (χ0v) is 20.0. The molecule has 2 amide bonds. The third-order valence-electron chi connectivity index (χ3n) is 7.43. The van der Waals surface area contributed by atoms with Crippen molar-refractivity contribution in [3.63, 3.8) is 0 Å². The summed E-state index contributed by atoms with van der Waals surface area (Å²) in [5, 5.41) is 2.79. The average Bonchev–Trinajstić information content (AvgIpc) is 2.89. The van der Waals surface area contributed by atoms with Crippen LogP contribution < -0.4 is 15.8 Å². The van der Waals surface area contributed by atoms with E-state index in [1.54, 1.807) is 19.2 Å². The molecule has 1 saturated carbocycles. The fourth-order valence-electron chi connectivity index (χ4n) is 5.54.